The lowest BCUT2D eigenvalue weighted by molar-refractivity contribution is 0.0926. The highest BCUT2D eigenvalue weighted by atomic mass is 16.2. The number of fused-ring (bicyclic) bond motifs is 4. The molecule has 1 aliphatic heterocycles. The van der Waals surface area contributed by atoms with E-state index in [4.69, 9.17) is 0 Å². The molecular formula is C40H24N6O2. The van der Waals surface area contributed by atoms with Crippen LogP contribution in [-0.2, 0) is 0 Å². The Balaban J connectivity index is 1.22. The van der Waals surface area contributed by atoms with Crippen molar-refractivity contribution in [2.24, 2.45) is 0 Å². The van der Waals surface area contributed by atoms with E-state index in [9.17, 15) is 9.59 Å². The summed E-state index contributed by atoms with van der Waals surface area (Å²) in [4.78, 5) is 46.3. The Labute approximate surface area is 274 Å². The van der Waals surface area contributed by atoms with Crippen LogP contribution in [0.4, 0.5) is 5.69 Å². The number of benzene rings is 5. The highest BCUT2D eigenvalue weighted by molar-refractivity contribution is 6.35. The molecule has 0 unspecified atom stereocenters. The average molecular weight is 621 g/mol. The topological polar surface area (TPSA) is 93.9 Å². The Morgan fingerprint density at radius 1 is 0.458 bits per heavy atom. The van der Waals surface area contributed by atoms with Crippen molar-refractivity contribution in [1.29, 1.82) is 0 Å². The minimum absolute atomic E-state index is 0.345. The van der Waals surface area contributed by atoms with E-state index in [1.165, 1.54) is 17.6 Å². The molecular weight excluding hydrogens is 596 g/mol. The average Bonchev–Trinajstić information content (AvgIpc) is 3.62. The molecule has 0 aliphatic carbocycles. The molecule has 8 heteroatoms. The first-order chi connectivity index (χ1) is 23.7. The molecule has 2 amide bonds. The van der Waals surface area contributed by atoms with Crippen molar-refractivity contribution in [3.63, 3.8) is 0 Å². The fraction of sp³-hybridized carbons (Fsp3) is 0. The van der Waals surface area contributed by atoms with Crippen molar-refractivity contribution < 1.29 is 9.59 Å². The van der Waals surface area contributed by atoms with Crippen LogP contribution < -0.4 is 4.90 Å². The molecule has 226 valence electrons. The number of carbonyl (C=O) groups is 2. The second kappa shape index (κ2) is 10.9. The van der Waals surface area contributed by atoms with Crippen LogP contribution in [0.2, 0.25) is 0 Å². The number of nitrogens with zero attached hydrogens (tertiary/aromatic N) is 6. The number of carbonyl (C=O) groups excluding carboxylic acids is 2. The first kappa shape index (κ1) is 27.5. The Morgan fingerprint density at radius 3 is 1.58 bits per heavy atom. The van der Waals surface area contributed by atoms with Gasteiger partial charge in [-0.1, -0.05) is 60.7 Å². The first-order valence-corrected chi connectivity index (χ1v) is 15.4. The summed E-state index contributed by atoms with van der Waals surface area (Å²) in [5.41, 5.74) is 9.47. The molecule has 0 saturated carbocycles. The minimum atomic E-state index is -0.357. The second-order valence-corrected chi connectivity index (χ2v) is 11.6. The Hall–Kier alpha value is -6.80. The fourth-order valence-corrected chi connectivity index (χ4v) is 6.66. The second-order valence-electron chi connectivity index (χ2n) is 11.6. The zero-order valence-electron chi connectivity index (χ0n) is 25.4. The third kappa shape index (κ3) is 4.31. The van der Waals surface area contributed by atoms with Crippen molar-refractivity contribution >= 4 is 39.3 Å². The van der Waals surface area contributed by atoms with Gasteiger partial charge in [-0.25, -0.2) is 24.8 Å². The van der Waals surface area contributed by atoms with Crippen LogP contribution in [0.15, 0.2) is 147 Å². The monoisotopic (exact) mass is 620 g/mol. The van der Waals surface area contributed by atoms with E-state index in [2.05, 4.69) is 36.6 Å². The van der Waals surface area contributed by atoms with Gasteiger partial charge in [-0.15, -0.1) is 0 Å². The number of imide groups is 1. The molecule has 0 spiro atoms. The molecule has 3 aromatic heterocycles. The van der Waals surface area contributed by atoms with Crippen molar-refractivity contribution in [3.8, 4) is 39.1 Å². The number of hydrogen-bond acceptors (Lipinski definition) is 6. The van der Waals surface area contributed by atoms with Crippen molar-refractivity contribution in [2.75, 3.05) is 4.90 Å². The van der Waals surface area contributed by atoms with Crippen LogP contribution in [0, 0.1) is 0 Å². The molecule has 4 heterocycles. The molecule has 0 radical (unpaired) electrons. The summed E-state index contributed by atoms with van der Waals surface area (Å²) < 4.78 is 2.08. The Morgan fingerprint density at radius 2 is 1.00 bits per heavy atom. The highest BCUT2D eigenvalue weighted by Crippen LogP contribution is 2.40. The summed E-state index contributed by atoms with van der Waals surface area (Å²) in [6.45, 7) is 0. The Kier molecular flexibility index (Phi) is 6.26. The number of hydrogen-bond donors (Lipinski definition) is 0. The molecule has 0 fully saturated rings. The van der Waals surface area contributed by atoms with Crippen LogP contribution in [0.5, 0.6) is 0 Å². The summed E-state index contributed by atoms with van der Waals surface area (Å²) in [6, 6.07) is 35.4. The van der Waals surface area contributed by atoms with E-state index in [1.807, 2.05) is 91.0 Å². The molecule has 8 aromatic rings. The zero-order chi connectivity index (χ0) is 32.2. The van der Waals surface area contributed by atoms with Crippen LogP contribution in [0.25, 0.3) is 60.9 Å². The van der Waals surface area contributed by atoms with Crippen LogP contribution in [0.1, 0.15) is 20.7 Å². The van der Waals surface area contributed by atoms with Gasteiger partial charge in [0.05, 0.1) is 33.5 Å². The van der Waals surface area contributed by atoms with Crippen LogP contribution in [0.3, 0.4) is 0 Å². The van der Waals surface area contributed by atoms with Crippen LogP contribution >= 0.6 is 0 Å². The molecule has 1 aliphatic rings. The van der Waals surface area contributed by atoms with Crippen molar-refractivity contribution in [1.82, 2.24) is 24.5 Å². The molecule has 0 N–H and O–H groups in total. The van der Waals surface area contributed by atoms with Gasteiger partial charge in [-0.3, -0.25) is 9.59 Å². The maximum atomic E-state index is 14.3. The van der Waals surface area contributed by atoms with Gasteiger partial charge in [-0.2, -0.15) is 0 Å². The highest BCUT2D eigenvalue weighted by Gasteiger charge is 2.39. The van der Waals surface area contributed by atoms with E-state index in [0.29, 0.717) is 22.5 Å². The molecule has 8 nitrogen and oxygen atoms in total. The third-order valence-electron chi connectivity index (χ3n) is 8.92. The molecule has 48 heavy (non-hydrogen) atoms. The molecule has 0 bridgehead atoms. The van der Waals surface area contributed by atoms with Crippen molar-refractivity contribution in [2.45, 2.75) is 0 Å². The standard InChI is InChI=1S/C40H24N6O2/c47-39-32-7-4-8-37(38(32)40(48)45(39)31-13-9-26(10-14-31)25-5-2-1-3-6-25)46-35-15-11-27(29-19-41-23-42-20-29)17-33(35)34-18-28(12-16-36(34)46)30-21-43-24-44-22-30/h1-24H. The van der Waals surface area contributed by atoms with Gasteiger partial charge in [0.15, 0.2) is 0 Å². The van der Waals surface area contributed by atoms with Gasteiger partial charge in [0.2, 0.25) is 0 Å². The summed E-state index contributed by atoms with van der Waals surface area (Å²) in [5.74, 6) is -0.702. The quantitative estimate of drug-likeness (QED) is 0.180. The molecule has 0 saturated heterocycles. The SMILES string of the molecule is O=C1c2cccc(-n3c4ccc(-c5cncnc5)cc4c4cc(-c5cncnc5)ccc43)c2C(=O)N1c1ccc(-c2ccccc2)cc1. The van der Waals surface area contributed by atoms with E-state index >= 15 is 0 Å². The van der Waals surface area contributed by atoms with Gasteiger partial charge >= 0.3 is 0 Å². The number of anilines is 1. The van der Waals surface area contributed by atoms with E-state index < -0.39 is 0 Å². The summed E-state index contributed by atoms with van der Waals surface area (Å²) in [5, 5.41) is 1.96. The fourth-order valence-electron chi connectivity index (χ4n) is 6.66. The van der Waals surface area contributed by atoms with E-state index in [1.54, 1.807) is 30.9 Å². The van der Waals surface area contributed by atoms with E-state index in [0.717, 1.165) is 55.2 Å². The lowest BCUT2D eigenvalue weighted by Gasteiger charge is -2.15. The first-order valence-electron chi connectivity index (χ1n) is 15.4. The Bertz CT molecular complexity index is 2430. The molecule has 0 atom stereocenters. The van der Waals surface area contributed by atoms with Gasteiger partial charge in [-0.05, 0) is 70.8 Å². The maximum Gasteiger partial charge on any atom is 0.268 e. The number of amides is 2. The smallest absolute Gasteiger partial charge is 0.268 e. The zero-order valence-corrected chi connectivity index (χ0v) is 25.4. The summed E-state index contributed by atoms with van der Waals surface area (Å²) in [6.07, 6.45) is 10.2. The predicted octanol–water partition coefficient (Wildman–Crippen LogP) is 8.17. The predicted molar refractivity (Wildman–Crippen MR) is 186 cm³/mol. The van der Waals surface area contributed by atoms with E-state index in [-0.39, 0.29) is 11.8 Å². The lowest BCUT2D eigenvalue weighted by Crippen LogP contribution is -2.29. The maximum absolute atomic E-state index is 14.3. The lowest BCUT2D eigenvalue weighted by atomic mass is 10.0. The summed E-state index contributed by atoms with van der Waals surface area (Å²) in [7, 11) is 0. The number of aromatic nitrogens is 5. The van der Waals surface area contributed by atoms with Gasteiger partial charge in [0.1, 0.15) is 12.7 Å². The molecule has 5 aromatic carbocycles. The van der Waals surface area contributed by atoms with Gasteiger partial charge in [0, 0.05) is 46.7 Å². The summed E-state index contributed by atoms with van der Waals surface area (Å²) >= 11 is 0. The van der Waals surface area contributed by atoms with Gasteiger partial charge in [0.25, 0.3) is 11.8 Å². The normalized spacial score (nSPS) is 12.6. The van der Waals surface area contributed by atoms with Crippen molar-refractivity contribution in [3.05, 3.63) is 158 Å². The van der Waals surface area contributed by atoms with Crippen LogP contribution in [-0.4, -0.2) is 36.3 Å². The third-order valence-corrected chi connectivity index (χ3v) is 8.92. The number of rotatable bonds is 5. The van der Waals surface area contributed by atoms with Gasteiger partial charge < -0.3 is 4.57 Å². The molecule has 9 rings (SSSR count). The largest absolute Gasteiger partial charge is 0.308 e. The minimum Gasteiger partial charge on any atom is -0.308 e.